The molecule has 1 aliphatic rings. The predicted octanol–water partition coefficient (Wildman–Crippen LogP) is 6.10. The van der Waals surface area contributed by atoms with Crippen molar-refractivity contribution < 1.29 is 35.8 Å². The number of allylic oxidation sites excluding steroid dienone is 2. The molecule has 0 bridgehead atoms. The molecule has 0 saturated heterocycles. The van der Waals surface area contributed by atoms with E-state index in [0.717, 1.165) is 25.0 Å². The maximum absolute atomic E-state index is 13.7. The van der Waals surface area contributed by atoms with Gasteiger partial charge in [0.25, 0.3) is 6.43 Å². The van der Waals surface area contributed by atoms with Gasteiger partial charge >= 0.3 is 6.61 Å². The predicted molar refractivity (Wildman–Crippen MR) is 87.8 cm³/mol. The third-order valence-corrected chi connectivity index (χ3v) is 4.70. The van der Waals surface area contributed by atoms with Crippen LogP contribution in [-0.2, 0) is 11.3 Å². The van der Waals surface area contributed by atoms with E-state index in [1.807, 2.05) is 13.0 Å². The van der Waals surface area contributed by atoms with Crippen molar-refractivity contribution in [3.05, 3.63) is 41.5 Å². The molecule has 1 aliphatic carbocycles. The number of ether oxygens (including phenoxy) is 2. The highest BCUT2D eigenvalue weighted by Gasteiger charge is 2.33. The van der Waals surface area contributed by atoms with Gasteiger partial charge in [-0.15, -0.1) is 0 Å². The van der Waals surface area contributed by atoms with Crippen LogP contribution in [0.5, 0.6) is 5.75 Å². The van der Waals surface area contributed by atoms with Crippen molar-refractivity contribution in [2.24, 2.45) is 11.8 Å². The highest BCUT2D eigenvalue weighted by atomic mass is 19.3. The van der Waals surface area contributed by atoms with Gasteiger partial charge in [0.15, 0.2) is 17.4 Å². The molecule has 1 aromatic rings. The van der Waals surface area contributed by atoms with Gasteiger partial charge in [-0.3, -0.25) is 0 Å². The molecule has 0 heterocycles. The minimum absolute atomic E-state index is 0.0696. The monoisotopic (exact) mass is 396 g/mol. The quantitative estimate of drug-likeness (QED) is 0.391. The van der Waals surface area contributed by atoms with Gasteiger partial charge in [-0.1, -0.05) is 12.2 Å². The van der Waals surface area contributed by atoms with Crippen LogP contribution in [0, 0.1) is 23.5 Å². The topological polar surface area (TPSA) is 18.5 Å². The third kappa shape index (κ3) is 6.16. The summed E-state index contributed by atoms with van der Waals surface area (Å²) >= 11 is 0. The normalized spacial score (nSPS) is 22.0. The molecule has 8 heteroatoms. The SMILES string of the molecule is C/C=C/C1CCC(C(OCc2cc(F)c(OC(F)F)c(F)c2)C(F)F)CC1. The lowest BCUT2D eigenvalue weighted by molar-refractivity contribution is -0.101. The summed E-state index contributed by atoms with van der Waals surface area (Å²) in [7, 11) is 0. The van der Waals surface area contributed by atoms with E-state index >= 15 is 0 Å². The Balaban J connectivity index is 2.00. The average molecular weight is 396 g/mol. The Morgan fingerprint density at radius 2 is 1.63 bits per heavy atom. The zero-order valence-electron chi connectivity index (χ0n) is 14.8. The molecule has 1 aromatic carbocycles. The number of hydrogen-bond acceptors (Lipinski definition) is 2. The molecular weight excluding hydrogens is 374 g/mol. The number of hydrogen-bond donors (Lipinski definition) is 0. The van der Waals surface area contributed by atoms with Gasteiger partial charge in [0.05, 0.1) is 6.61 Å². The molecule has 0 amide bonds. The van der Waals surface area contributed by atoms with E-state index in [1.54, 1.807) is 0 Å². The van der Waals surface area contributed by atoms with Crippen molar-refractivity contribution in [1.29, 1.82) is 0 Å². The Morgan fingerprint density at radius 3 is 2.11 bits per heavy atom. The number of halogens is 6. The number of alkyl halides is 4. The van der Waals surface area contributed by atoms with Gasteiger partial charge in [0, 0.05) is 0 Å². The molecule has 0 radical (unpaired) electrons. The van der Waals surface area contributed by atoms with E-state index in [0.29, 0.717) is 18.8 Å². The Morgan fingerprint density at radius 1 is 1.04 bits per heavy atom. The summed E-state index contributed by atoms with van der Waals surface area (Å²) in [5.41, 5.74) is -0.0696. The first-order valence-corrected chi connectivity index (χ1v) is 8.77. The summed E-state index contributed by atoms with van der Waals surface area (Å²) in [6.45, 7) is -1.92. The van der Waals surface area contributed by atoms with Crippen molar-refractivity contribution in [1.82, 2.24) is 0 Å². The lowest BCUT2D eigenvalue weighted by Gasteiger charge is -2.32. The average Bonchev–Trinajstić information content (AvgIpc) is 2.59. The van der Waals surface area contributed by atoms with E-state index in [1.165, 1.54) is 0 Å². The molecule has 152 valence electrons. The van der Waals surface area contributed by atoms with Crippen molar-refractivity contribution in [3.8, 4) is 5.75 Å². The van der Waals surface area contributed by atoms with Gasteiger partial charge in [-0.25, -0.2) is 17.6 Å². The van der Waals surface area contributed by atoms with Crippen LogP contribution in [0.4, 0.5) is 26.3 Å². The largest absolute Gasteiger partial charge is 0.429 e. The van der Waals surface area contributed by atoms with Crippen LogP contribution < -0.4 is 4.74 Å². The van der Waals surface area contributed by atoms with Crippen LogP contribution in [0.25, 0.3) is 0 Å². The van der Waals surface area contributed by atoms with Gasteiger partial charge in [-0.2, -0.15) is 8.78 Å². The second-order valence-electron chi connectivity index (χ2n) is 6.58. The maximum Gasteiger partial charge on any atom is 0.387 e. The fraction of sp³-hybridized carbons (Fsp3) is 0.579. The first kappa shape index (κ1) is 21.6. The molecule has 1 atom stereocenters. The third-order valence-electron chi connectivity index (χ3n) is 4.70. The Bertz CT molecular complexity index is 604. The summed E-state index contributed by atoms with van der Waals surface area (Å²) in [4.78, 5) is 0. The number of rotatable bonds is 8. The number of benzene rings is 1. The fourth-order valence-corrected chi connectivity index (χ4v) is 3.44. The molecule has 2 rings (SSSR count). The summed E-state index contributed by atoms with van der Waals surface area (Å²) in [6, 6.07) is 1.48. The molecule has 1 unspecified atom stereocenters. The fourth-order valence-electron chi connectivity index (χ4n) is 3.44. The first-order chi connectivity index (χ1) is 12.8. The molecule has 27 heavy (non-hydrogen) atoms. The van der Waals surface area contributed by atoms with E-state index in [-0.39, 0.29) is 11.5 Å². The highest BCUT2D eigenvalue weighted by Crippen LogP contribution is 2.35. The van der Waals surface area contributed by atoms with Gasteiger partial charge in [-0.05, 0) is 62.1 Å². The van der Waals surface area contributed by atoms with Crippen molar-refractivity contribution in [2.75, 3.05) is 0 Å². The van der Waals surface area contributed by atoms with Crippen LogP contribution in [0.2, 0.25) is 0 Å². The second-order valence-corrected chi connectivity index (χ2v) is 6.58. The summed E-state index contributed by atoms with van der Waals surface area (Å²) < 4.78 is 87.6. The highest BCUT2D eigenvalue weighted by molar-refractivity contribution is 5.31. The Labute approximate surface area is 154 Å². The molecule has 0 N–H and O–H groups in total. The maximum atomic E-state index is 13.7. The van der Waals surface area contributed by atoms with Crippen LogP contribution >= 0.6 is 0 Å². The molecule has 1 fully saturated rings. The van der Waals surface area contributed by atoms with E-state index in [4.69, 9.17) is 4.74 Å². The Kier molecular flexibility index (Phi) is 8.01. The van der Waals surface area contributed by atoms with E-state index in [9.17, 15) is 26.3 Å². The van der Waals surface area contributed by atoms with Crippen LogP contribution in [0.15, 0.2) is 24.3 Å². The lowest BCUT2D eigenvalue weighted by Crippen LogP contribution is -2.33. The molecule has 0 aliphatic heterocycles. The molecule has 0 aromatic heterocycles. The van der Waals surface area contributed by atoms with Crippen molar-refractivity contribution in [2.45, 2.75) is 58.4 Å². The van der Waals surface area contributed by atoms with Crippen LogP contribution in [0.1, 0.15) is 38.2 Å². The molecule has 0 spiro atoms. The van der Waals surface area contributed by atoms with Gasteiger partial charge in [0.1, 0.15) is 6.10 Å². The Hall–Kier alpha value is -1.70. The summed E-state index contributed by atoms with van der Waals surface area (Å²) in [6.07, 6.45) is 2.64. The first-order valence-electron chi connectivity index (χ1n) is 8.77. The summed E-state index contributed by atoms with van der Waals surface area (Å²) in [5.74, 6) is -3.86. The van der Waals surface area contributed by atoms with Gasteiger partial charge in [0.2, 0.25) is 0 Å². The standard InChI is InChI=1S/C19H22F6O2/c1-2-3-11-4-6-13(7-5-11)16(18(22)23)26-10-12-8-14(20)17(15(21)9-12)27-19(24)25/h2-3,8-9,11,13,16,18-19H,4-7,10H2,1H3/b3-2+. The smallest absolute Gasteiger partial charge is 0.387 e. The summed E-state index contributed by atoms with van der Waals surface area (Å²) in [5, 5.41) is 0. The van der Waals surface area contributed by atoms with Crippen molar-refractivity contribution in [3.63, 3.8) is 0 Å². The van der Waals surface area contributed by atoms with Gasteiger partial charge < -0.3 is 9.47 Å². The minimum atomic E-state index is -3.38. The second kappa shape index (κ2) is 10.0. The lowest BCUT2D eigenvalue weighted by atomic mass is 9.79. The zero-order chi connectivity index (χ0) is 20.0. The van der Waals surface area contributed by atoms with Crippen LogP contribution in [0.3, 0.4) is 0 Å². The van der Waals surface area contributed by atoms with E-state index < -0.39 is 43.1 Å². The molecule has 2 nitrogen and oxygen atoms in total. The minimum Gasteiger partial charge on any atom is -0.429 e. The van der Waals surface area contributed by atoms with Crippen LogP contribution in [-0.4, -0.2) is 19.1 Å². The van der Waals surface area contributed by atoms with E-state index in [2.05, 4.69) is 10.8 Å². The molecule has 1 saturated carbocycles. The zero-order valence-corrected chi connectivity index (χ0v) is 14.8. The molecular formula is C19H22F6O2. The van der Waals surface area contributed by atoms with Crippen molar-refractivity contribution >= 4 is 0 Å².